The molecule has 1 aromatic carbocycles. The summed E-state index contributed by atoms with van der Waals surface area (Å²) in [6.07, 6.45) is 0. The third-order valence-electron chi connectivity index (χ3n) is 3.67. The van der Waals surface area contributed by atoms with Gasteiger partial charge in [-0.15, -0.1) is 0 Å². The molecule has 0 aliphatic carbocycles. The predicted octanol–water partition coefficient (Wildman–Crippen LogP) is 1.24. The van der Waals surface area contributed by atoms with Gasteiger partial charge in [0.2, 0.25) is 6.79 Å². The van der Waals surface area contributed by atoms with E-state index in [0.717, 1.165) is 19.6 Å². The van der Waals surface area contributed by atoms with Gasteiger partial charge >= 0.3 is 0 Å². The summed E-state index contributed by atoms with van der Waals surface area (Å²) >= 11 is 0. The number of hydrogen-bond donors (Lipinski definition) is 1. The molecule has 19 heavy (non-hydrogen) atoms. The van der Waals surface area contributed by atoms with Crippen LogP contribution in [-0.2, 0) is 0 Å². The largest absolute Gasteiger partial charge is 0.454 e. The lowest BCUT2D eigenvalue weighted by atomic mass is 9.98. The molecule has 1 fully saturated rings. The number of nitrogens with one attached hydrogen (secondary N) is 1. The summed E-state index contributed by atoms with van der Waals surface area (Å²) in [4.78, 5) is 14.5. The molecular formula is C14H18N2O3. The van der Waals surface area contributed by atoms with E-state index in [0.29, 0.717) is 17.1 Å². The first-order valence-electron chi connectivity index (χ1n) is 6.50. The number of ether oxygens (including phenoxy) is 2. The lowest BCUT2D eigenvalue weighted by Crippen LogP contribution is -2.59. The molecule has 1 aromatic rings. The van der Waals surface area contributed by atoms with Crippen LogP contribution in [0.25, 0.3) is 0 Å². The molecule has 102 valence electrons. The summed E-state index contributed by atoms with van der Waals surface area (Å²) < 4.78 is 10.6. The van der Waals surface area contributed by atoms with Crippen LogP contribution >= 0.6 is 0 Å². The zero-order chi connectivity index (χ0) is 13.5. The minimum Gasteiger partial charge on any atom is -0.454 e. The maximum Gasteiger partial charge on any atom is 0.254 e. The Kier molecular flexibility index (Phi) is 2.86. The van der Waals surface area contributed by atoms with Crippen LogP contribution in [-0.4, -0.2) is 42.8 Å². The lowest BCUT2D eigenvalue weighted by Gasteiger charge is -2.42. The highest BCUT2D eigenvalue weighted by Crippen LogP contribution is 2.33. The van der Waals surface area contributed by atoms with Gasteiger partial charge in [0.25, 0.3) is 5.91 Å². The van der Waals surface area contributed by atoms with Crippen molar-refractivity contribution in [3.8, 4) is 11.5 Å². The smallest absolute Gasteiger partial charge is 0.254 e. The van der Waals surface area contributed by atoms with Gasteiger partial charge < -0.3 is 19.7 Å². The third kappa shape index (κ3) is 2.14. The second-order valence-electron chi connectivity index (χ2n) is 5.51. The maximum absolute atomic E-state index is 12.6. The Labute approximate surface area is 112 Å². The maximum atomic E-state index is 12.6. The first-order valence-corrected chi connectivity index (χ1v) is 6.50. The van der Waals surface area contributed by atoms with E-state index in [2.05, 4.69) is 19.2 Å². The topological polar surface area (TPSA) is 50.8 Å². The van der Waals surface area contributed by atoms with E-state index in [1.165, 1.54) is 0 Å². The quantitative estimate of drug-likeness (QED) is 0.827. The molecule has 0 bridgehead atoms. The van der Waals surface area contributed by atoms with E-state index in [4.69, 9.17) is 9.47 Å². The second-order valence-corrected chi connectivity index (χ2v) is 5.51. The molecule has 2 aliphatic heterocycles. The molecule has 1 saturated heterocycles. The average molecular weight is 262 g/mol. The second kappa shape index (κ2) is 4.42. The Balaban J connectivity index is 1.87. The molecule has 5 heteroatoms. The number of fused-ring (bicyclic) bond motifs is 1. The van der Waals surface area contributed by atoms with E-state index in [1.807, 2.05) is 4.90 Å². The standard InChI is InChI=1S/C14H18N2O3/c1-14(2)8-15-5-6-16(14)13(17)10-3-4-11-12(7-10)19-9-18-11/h3-4,7,15H,5-6,8-9H2,1-2H3. The normalized spacial score (nSPS) is 20.4. The highest BCUT2D eigenvalue weighted by Gasteiger charge is 2.34. The van der Waals surface area contributed by atoms with Crippen LogP contribution in [0.15, 0.2) is 18.2 Å². The van der Waals surface area contributed by atoms with Gasteiger partial charge in [0, 0.05) is 25.2 Å². The summed E-state index contributed by atoms with van der Waals surface area (Å²) in [6, 6.07) is 5.36. The zero-order valence-electron chi connectivity index (χ0n) is 11.2. The van der Waals surface area contributed by atoms with E-state index in [1.54, 1.807) is 18.2 Å². The van der Waals surface area contributed by atoms with Crippen molar-refractivity contribution >= 4 is 5.91 Å². The fourth-order valence-electron chi connectivity index (χ4n) is 2.55. The Morgan fingerprint density at radius 2 is 2.11 bits per heavy atom. The number of rotatable bonds is 1. The van der Waals surface area contributed by atoms with Crippen LogP contribution in [0.4, 0.5) is 0 Å². The first-order chi connectivity index (χ1) is 9.08. The molecule has 0 atom stereocenters. The average Bonchev–Trinajstić information content (AvgIpc) is 2.84. The van der Waals surface area contributed by atoms with Crippen molar-refractivity contribution in [1.29, 1.82) is 0 Å². The molecule has 3 rings (SSSR count). The van der Waals surface area contributed by atoms with Crippen LogP contribution in [0.2, 0.25) is 0 Å². The molecule has 5 nitrogen and oxygen atoms in total. The molecule has 2 heterocycles. The number of benzene rings is 1. The Bertz CT molecular complexity index is 513. The van der Waals surface area contributed by atoms with Crippen LogP contribution in [0, 0.1) is 0 Å². The van der Waals surface area contributed by atoms with Crippen molar-refractivity contribution in [3.05, 3.63) is 23.8 Å². The van der Waals surface area contributed by atoms with Gasteiger partial charge in [0.1, 0.15) is 0 Å². The van der Waals surface area contributed by atoms with Crippen LogP contribution in [0.1, 0.15) is 24.2 Å². The fourth-order valence-corrected chi connectivity index (χ4v) is 2.55. The SMILES string of the molecule is CC1(C)CNCCN1C(=O)c1ccc2c(c1)OCO2. The summed E-state index contributed by atoms with van der Waals surface area (Å²) in [5.74, 6) is 1.40. The van der Waals surface area contributed by atoms with Crippen molar-refractivity contribution < 1.29 is 14.3 Å². The number of hydrogen-bond acceptors (Lipinski definition) is 4. The monoisotopic (exact) mass is 262 g/mol. The zero-order valence-corrected chi connectivity index (χ0v) is 11.2. The summed E-state index contributed by atoms with van der Waals surface area (Å²) in [7, 11) is 0. The number of carbonyl (C=O) groups is 1. The molecule has 0 spiro atoms. The van der Waals surface area contributed by atoms with Gasteiger partial charge in [-0.3, -0.25) is 4.79 Å². The molecule has 0 aromatic heterocycles. The highest BCUT2D eigenvalue weighted by atomic mass is 16.7. The van der Waals surface area contributed by atoms with Gasteiger partial charge in [-0.1, -0.05) is 0 Å². The van der Waals surface area contributed by atoms with E-state index >= 15 is 0 Å². The molecule has 0 unspecified atom stereocenters. The highest BCUT2D eigenvalue weighted by molar-refractivity contribution is 5.95. The minimum absolute atomic E-state index is 0.0461. The van der Waals surface area contributed by atoms with Gasteiger partial charge in [-0.25, -0.2) is 0 Å². The predicted molar refractivity (Wildman–Crippen MR) is 70.6 cm³/mol. The van der Waals surface area contributed by atoms with Crippen LogP contribution in [0.5, 0.6) is 11.5 Å². The minimum atomic E-state index is -0.175. The summed E-state index contributed by atoms with van der Waals surface area (Å²) in [5.41, 5.74) is 0.477. The third-order valence-corrected chi connectivity index (χ3v) is 3.67. The van der Waals surface area contributed by atoms with Crippen molar-refractivity contribution in [2.45, 2.75) is 19.4 Å². The number of amides is 1. The lowest BCUT2D eigenvalue weighted by molar-refractivity contribution is 0.0477. The Morgan fingerprint density at radius 1 is 1.32 bits per heavy atom. The van der Waals surface area contributed by atoms with Crippen molar-refractivity contribution in [2.75, 3.05) is 26.4 Å². The number of piperazine rings is 1. The van der Waals surface area contributed by atoms with E-state index in [9.17, 15) is 4.79 Å². The molecule has 0 radical (unpaired) electrons. The van der Waals surface area contributed by atoms with Crippen molar-refractivity contribution in [2.24, 2.45) is 0 Å². The van der Waals surface area contributed by atoms with Gasteiger partial charge in [0.15, 0.2) is 11.5 Å². The fraction of sp³-hybridized carbons (Fsp3) is 0.500. The molecular weight excluding hydrogens is 244 g/mol. The molecule has 0 saturated carbocycles. The molecule has 2 aliphatic rings. The Hall–Kier alpha value is -1.75. The molecule has 1 N–H and O–H groups in total. The van der Waals surface area contributed by atoms with Gasteiger partial charge in [-0.05, 0) is 32.0 Å². The van der Waals surface area contributed by atoms with E-state index in [-0.39, 0.29) is 18.2 Å². The van der Waals surface area contributed by atoms with Crippen molar-refractivity contribution in [1.82, 2.24) is 10.2 Å². The van der Waals surface area contributed by atoms with Gasteiger partial charge in [-0.2, -0.15) is 0 Å². The van der Waals surface area contributed by atoms with Crippen molar-refractivity contribution in [3.63, 3.8) is 0 Å². The van der Waals surface area contributed by atoms with E-state index < -0.39 is 0 Å². The Morgan fingerprint density at radius 3 is 2.89 bits per heavy atom. The number of nitrogens with zero attached hydrogens (tertiary/aromatic N) is 1. The van der Waals surface area contributed by atoms with Crippen LogP contribution in [0.3, 0.4) is 0 Å². The molecule has 1 amide bonds. The summed E-state index contributed by atoms with van der Waals surface area (Å²) in [6.45, 7) is 6.74. The van der Waals surface area contributed by atoms with Gasteiger partial charge in [0.05, 0.1) is 5.54 Å². The van der Waals surface area contributed by atoms with Crippen LogP contribution < -0.4 is 14.8 Å². The first kappa shape index (κ1) is 12.3. The summed E-state index contributed by atoms with van der Waals surface area (Å²) in [5, 5.41) is 3.31. The number of carbonyl (C=O) groups excluding carboxylic acids is 1.